The van der Waals surface area contributed by atoms with Crippen molar-refractivity contribution in [3.63, 3.8) is 0 Å². The molecule has 0 aliphatic heterocycles. The van der Waals surface area contributed by atoms with Crippen LogP contribution < -0.4 is 11.1 Å². The van der Waals surface area contributed by atoms with Crippen molar-refractivity contribution >= 4 is 23.2 Å². The van der Waals surface area contributed by atoms with E-state index >= 15 is 0 Å². The summed E-state index contributed by atoms with van der Waals surface area (Å²) in [7, 11) is 0. The highest BCUT2D eigenvalue weighted by Gasteiger charge is 2.23. The number of carbonyl (C=O) groups is 2. The van der Waals surface area contributed by atoms with Gasteiger partial charge in [0.25, 0.3) is 0 Å². The van der Waals surface area contributed by atoms with E-state index in [1.165, 1.54) is 11.3 Å². The van der Waals surface area contributed by atoms with Gasteiger partial charge in [-0.2, -0.15) is 0 Å². The fourth-order valence-electron chi connectivity index (χ4n) is 1.40. The molecule has 5 nitrogen and oxygen atoms in total. The van der Waals surface area contributed by atoms with Crippen LogP contribution >= 0.6 is 11.3 Å². The molecule has 0 fully saturated rings. The molecule has 0 aliphatic carbocycles. The van der Waals surface area contributed by atoms with E-state index in [0.717, 1.165) is 4.88 Å². The lowest BCUT2D eigenvalue weighted by Crippen LogP contribution is -2.44. The normalized spacial score (nSPS) is 14.0. The number of hydrogen-bond donors (Lipinski definition) is 3. The van der Waals surface area contributed by atoms with Crippen molar-refractivity contribution in [2.24, 2.45) is 5.73 Å². The van der Waals surface area contributed by atoms with Crippen LogP contribution in [-0.4, -0.2) is 23.0 Å². The first-order valence-electron chi connectivity index (χ1n) is 5.38. The van der Waals surface area contributed by atoms with Crippen molar-refractivity contribution < 1.29 is 14.7 Å². The van der Waals surface area contributed by atoms with Crippen molar-refractivity contribution in [1.82, 2.24) is 5.32 Å². The van der Waals surface area contributed by atoms with E-state index in [1.807, 2.05) is 12.3 Å². The minimum absolute atomic E-state index is 0.401. The average Bonchev–Trinajstić information content (AvgIpc) is 2.80. The van der Waals surface area contributed by atoms with Gasteiger partial charge >= 0.3 is 5.97 Å². The highest BCUT2D eigenvalue weighted by Crippen LogP contribution is 2.17. The molecule has 1 heterocycles. The molecule has 1 aromatic heterocycles. The molecule has 0 spiro atoms. The number of carboxylic acid groups (broad SMARTS) is 1. The molecule has 94 valence electrons. The standard InChI is InChI=1S/C11H16N2O3S/c1-2-4-7(11(15)16)13-10(14)9(12)8-5-3-6-17-8/h3,5-7,9H,2,4,12H2,1H3,(H,13,14)(H,15,16)/t7-,9?/m0/s1. The third-order valence-corrected chi connectivity index (χ3v) is 3.28. The largest absolute Gasteiger partial charge is 0.480 e. The van der Waals surface area contributed by atoms with Gasteiger partial charge in [-0.05, 0) is 17.9 Å². The van der Waals surface area contributed by atoms with Crippen LogP contribution in [0.25, 0.3) is 0 Å². The number of nitrogens with one attached hydrogen (secondary N) is 1. The molecule has 0 aromatic carbocycles. The third-order valence-electron chi connectivity index (χ3n) is 2.32. The Morgan fingerprint density at radius 2 is 2.29 bits per heavy atom. The highest BCUT2D eigenvalue weighted by atomic mass is 32.1. The van der Waals surface area contributed by atoms with Crippen LogP contribution in [0.2, 0.25) is 0 Å². The smallest absolute Gasteiger partial charge is 0.326 e. The van der Waals surface area contributed by atoms with Crippen molar-refractivity contribution in [1.29, 1.82) is 0 Å². The maximum atomic E-state index is 11.7. The van der Waals surface area contributed by atoms with Crippen LogP contribution in [0, 0.1) is 0 Å². The highest BCUT2D eigenvalue weighted by molar-refractivity contribution is 7.10. The van der Waals surface area contributed by atoms with Gasteiger partial charge in [-0.1, -0.05) is 19.4 Å². The van der Waals surface area contributed by atoms with E-state index < -0.39 is 24.0 Å². The molecule has 0 bridgehead atoms. The second-order valence-electron chi connectivity index (χ2n) is 3.68. The van der Waals surface area contributed by atoms with Crippen molar-refractivity contribution in [2.75, 3.05) is 0 Å². The summed E-state index contributed by atoms with van der Waals surface area (Å²) in [6.45, 7) is 1.86. The summed E-state index contributed by atoms with van der Waals surface area (Å²) in [5.74, 6) is -1.48. The topological polar surface area (TPSA) is 92.4 Å². The first-order chi connectivity index (χ1) is 8.06. The third kappa shape index (κ3) is 3.83. The minimum atomic E-state index is -1.03. The van der Waals surface area contributed by atoms with E-state index in [0.29, 0.717) is 12.8 Å². The lowest BCUT2D eigenvalue weighted by atomic mass is 10.1. The van der Waals surface area contributed by atoms with Crippen LogP contribution in [0.5, 0.6) is 0 Å². The van der Waals surface area contributed by atoms with Crippen molar-refractivity contribution in [3.8, 4) is 0 Å². The zero-order valence-electron chi connectivity index (χ0n) is 9.55. The lowest BCUT2D eigenvalue weighted by molar-refractivity contribution is -0.142. The summed E-state index contributed by atoms with van der Waals surface area (Å²) < 4.78 is 0. The molecule has 1 aromatic rings. The molecule has 1 unspecified atom stereocenters. The molecule has 2 atom stereocenters. The zero-order valence-corrected chi connectivity index (χ0v) is 10.4. The predicted octanol–water partition coefficient (Wildman–Crippen LogP) is 1.12. The minimum Gasteiger partial charge on any atom is -0.480 e. The van der Waals surface area contributed by atoms with Crippen LogP contribution in [0.15, 0.2) is 17.5 Å². The number of thiophene rings is 1. The van der Waals surface area contributed by atoms with Crippen molar-refractivity contribution in [2.45, 2.75) is 31.8 Å². The Balaban J connectivity index is 2.61. The summed E-state index contributed by atoms with van der Waals surface area (Å²) in [6.07, 6.45) is 1.09. The zero-order chi connectivity index (χ0) is 12.8. The molecule has 1 amide bonds. The van der Waals surface area contributed by atoms with E-state index in [-0.39, 0.29) is 0 Å². The molecule has 6 heteroatoms. The van der Waals surface area contributed by atoms with Gasteiger partial charge in [0.2, 0.25) is 5.91 Å². The maximum Gasteiger partial charge on any atom is 0.326 e. The van der Waals surface area contributed by atoms with Crippen LogP contribution in [0.1, 0.15) is 30.7 Å². The number of rotatable bonds is 6. The van der Waals surface area contributed by atoms with E-state index in [1.54, 1.807) is 12.1 Å². The molecular formula is C11H16N2O3S. The van der Waals surface area contributed by atoms with Crippen LogP contribution in [0.4, 0.5) is 0 Å². The fourth-order valence-corrected chi connectivity index (χ4v) is 2.13. The number of carboxylic acids is 1. The molecular weight excluding hydrogens is 240 g/mol. The fraction of sp³-hybridized carbons (Fsp3) is 0.455. The summed E-state index contributed by atoms with van der Waals surface area (Å²) in [4.78, 5) is 23.3. The maximum absolute atomic E-state index is 11.7. The summed E-state index contributed by atoms with van der Waals surface area (Å²) in [6, 6.07) is 1.89. The molecule has 17 heavy (non-hydrogen) atoms. The Labute approximate surface area is 104 Å². The number of carbonyl (C=O) groups excluding carboxylic acids is 1. The van der Waals surface area contributed by atoms with E-state index in [2.05, 4.69) is 5.32 Å². The molecule has 0 radical (unpaired) electrons. The molecule has 0 saturated heterocycles. The Bertz CT molecular complexity index is 378. The molecule has 0 aliphatic rings. The summed E-state index contributed by atoms with van der Waals surface area (Å²) in [5.41, 5.74) is 5.73. The Morgan fingerprint density at radius 3 is 2.76 bits per heavy atom. The van der Waals surface area contributed by atoms with Gasteiger partial charge in [-0.25, -0.2) is 4.79 Å². The Morgan fingerprint density at radius 1 is 1.59 bits per heavy atom. The van der Waals surface area contributed by atoms with Gasteiger partial charge in [-0.3, -0.25) is 4.79 Å². The van der Waals surface area contributed by atoms with Gasteiger partial charge in [0.15, 0.2) is 0 Å². The van der Waals surface area contributed by atoms with Gasteiger partial charge in [0, 0.05) is 4.88 Å². The average molecular weight is 256 g/mol. The van der Waals surface area contributed by atoms with Gasteiger partial charge in [0.1, 0.15) is 12.1 Å². The van der Waals surface area contributed by atoms with Gasteiger partial charge < -0.3 is 16.2 Å². The molecule has 1 rings (SSSR count). The van der Waals surface area contributed by atoms with Crippen LogP contribution in [-0.2, 0) is 9.59 Å². The number of amides is 1. The first-order valence-corrected chi connectivity index (χ1v) is 6.26. The first kappa shape index (κ1) is 13.7. The Kier molecular flexibility index (Phi) is 5.11. The van der Waals surface area contributed by atoms with Gasteiger partial charge in [-0.15, -0.1) is 11.3 Å². The van der Waals surface area contributed by atoms with Crippen molar-refractivity contribution in [3.05, 3.63) is 22.4 Å². The second kappa shape index (κ2) is 6.36. The van der Waals surface area contributed by atoms with E-state index in [9.17, 15) is 9.59 Å². The lowest BCUT2D eigenvalue weighted by Gasteiger charge is -2.16. The second-order valence-corrected chi connectivity index (χ2v) is 4.66. The Hall–Kier alpha value is -1.40. The summed E-state index contributed by atoms with van der Waals surface area (Å²) in [5, 5.41) is 13.2. The summed E-state index contributed by atoms with van der Waals surface area (Å²) >= 11 is 1.37. The quantitative estimate of drug-likeness (QED) is 0.711. The van der Waals surface area contributed by atoms with Gasteiger partial charge in [0.05, 0.1) is 0 Å². The molecule has 4 N–H and O–H groups in total. The van der Waals surface area contributed by atoms with Crippen LogP contribution in [0.3, 0.4) is 0 Å². The van der Waals surface area contributed by atoms with E-state index in [4.69, 9.17) is 10.8 Å². The SMILES string of the molecule is CCC[C@H](NC(=O)C(N)c1cccs1)C(=O)O. The number of nitrogens with two attached hydrogens (primary N) is 1. The monoisotopic (exact) mass is 256 g/mol. The molecule has 0 saturated carbocycles. The predicted molar refractivity (Wildman–Crippen MR) is 65.7 cm³/mol. The number of hydrogen-bond acceptors (Lipinski definition) is 4. The number of aliphatic carboxylic acids is 1.